The molecule has 0 bridgehead atoms. The quantitative estimate of drug-likeness (QED) is 0.641. The summed E-state index contributed by atoms with van der Waals surface area (Å²) in [6.45, 7) is 3.10. The number of hydrogen-bond acceptors (Lipinski definition) is 3. The molecule has 0 aliphatic carbocycles. The first-order valence-electron chi connectivity index (χ1n) is 8.14. The van der Waals surface area contributed by atoms with E-state index in [0.29, 0.717) is 6.79 Å². The maximum Gasteiger partial charge on any atom is 0.231 e. The van der Waals surface area contributed by atoms with Crippen LogP contribution in [0.25, 0.3) is 10.9 Å². The van der Waals surface area contributed by atoms with Gasteiger partial charge in [0.1, 0.15) is 0 Å². The first-order chi connectivity index (χ1) is 11.8. The molecule has 0 atom stereocenters. The molecule has 4 nitrogen and oxygen atoms in total. The van der Waals surface area contributed by atoms with Crippen LogP contribution < -0.4 is 14.8 Å². The summed E-state index contributed by atoms with van der Waals surface area (Å²) in [4.78, 5) is 0. The van der Waals surface area contributed by atoms with Crippen LogP contribution in [0.1, 0.15) is 12.0 Å². The van der Waals surface area contributed by atoms with Crippen LogP contribution in [0, 0.1) is 0 Å². The molecule has 24 heavy (non-hydrogen) atoms. The van der Waals surface area contributed by atoms with Crippen molar-refractivity contribution in [1.82, 2.24) is 9.88 Å². The molecule has 3 aromatic rings. The fourth-order valence-electron chi connectivity index (χ4n) is 3.03. The molecule has 0 fully saturated rings. The van der Waals surface area contributed by atoms with Crippen LogP contribution >= 0.6 is 15.9 Å². The van der Waals surface area contributed by atoms with E-state index < -0.39 is 0 Å². The lowest BCUT2D eigenvalue weighted by Crippen LogP contribution is -2.16. The molecule has 0 spiro atoms. The van der Waals surface area contributed by atoms with E-state index in [1.165, 1.54) is 16.5 Å². The van der Waals surface area contributed by atoms with E-state index in [2.05, 4.69) is 62.3 Å². The van der Waals surface area contributed by atoms with Crippen molar-refractivity contribution < 1.29 is 9.47 Å². The van der Waals surface area contributed by atoms with E-state index in [4.69, 9.17) is 9.47 Å². The zero-order chi connectivity index (χ0) is 16.4. The number of fused-ring (bicyclic) bond motifs is 2. The number of ether oxygens (including phenoxy) is 2. The van der Waals surface area contributed by atoms with Gasteiger partial charge in [-0.25, -0.2) is 0 Å². The molecule has 1 aliphatic heterocycles. The first-order valence-corrected chi connectivity index (χ1v) is 8.93. The molecule has 5 heteroatoms. The smallest absolute Gasteiger partial charge is 0.231 e. The Bertz CT molecular complexity index is 860. The highest BCUT2D eigenvalue weighted by atomic mass is 79.9. The third-order valence-electron chi connectivity index (χ3n) is 4.29. The highest BCUT2D eigenvalue weighted by Gasteiger charge is 2.15. The molecule has 4 rings (SSSR count). The van der Waals surface area contributed by atoms with Gasteiger partial charge in [-0.2, -0.15) is 0 Å². The van der Waals surface area contributed by atoms with E-state index in [0.717, 1.165) is 42.0 Å². The van der Waals surface area contributed by atoms with E-state index in [-0.39, 0.29) is 0 Å². The number of hydrogen-bond donors (Lipinski definition) is 1. The summed E-state index contributed by atoms with van der Waals surface area (Å²) in [6, 6.07) is 14.7. The third-order valence-corrected chi connectivity index (χ3v) is 5.03. The number of para-hydroxylation sites is 1. The van der Waals surface area contributed by atoms with Gasteiger partial charge in [-0.1, -0.05) is 34.1 Å². The third kappa shape index (κ3) is 3.14. The minimum absolute atomic E-state index is 0.309. The van der Waals surface area contributed by atoms with Gasteiger partial charge in [0, 0.05) is 29.3 Å². The number of nitrogens with one attached hydrogen (secondary N) is 1. The zero-order valence-corrected chi connectivity index (χ0v) is 14.9. The molecule has 1 aliphatic rings. The SMILES string of the molecule is Brc1cc2c(cc1CNCCCn1ccc3ccccc31)OCO2. The maximum absolute atomic E-state index is 5.44. The van der Waals surface area contributed by atoms with Crippen molar-refractivity contribution in [3.05, 3.63) is 58.7 Å². The second-order valence-corrected chi connectivity index (χ2v) is 6.75. The number of rotatable bonds is 6. The van der Waals surface area contributed by atoms with Crippen molar-refractivity contribution >= 4 is 26.8 Å². The molecule has 1 aromatic heterocycles. The van der Waals surface area contributed by atoms with Crippen molar-refractivity contribution in [3.63, 3.8) is 0 Å². The number of aromatic nitrogens is 1. The van der Waals surface area contributed by atoms with Gasteiger partial charge in [0.25, 0.3) is 0 Å². The molecule has 124 valence electrons. The predicted octanol–water partition coefficient (Wildman–Crippen LogP) is 4.31. The molecule has 1 N–H and O–H groups in total. The summed E-state index contributed by atoms with van der Waals surface area (Å²) in [6.07, 6.45) is 3.25. The average Bonchev–Trinajstić information content (AvgIpc) is 3.21. The van der Waals surface area contributed by atoms with Crippen molar-refractivity contribution in [2.75, 3.05) is 13.3 Å². The monoisotopic (exact) mass is 386 g/mol. The highest BCUT2D eigenvalue weighted by molar-refractivity contribution is 9.10. The summed E-state index contributed by atoms with van der Waals surface area (Å²) in [7, 11) is 0. The minimum Gasteiger partial charge on any atom is -0.454 e. The van der Waals surface area contributed by atoms with Gasteiger partial charge in [0.15, 0.2) is 11.5 Å². The lowest BCUT2D eigenvalue weighted by atomic mass is 10.2. The Morgan fingerprint density at radius 2 is 1.92 bits per heavy atom. The lowest BCUT2D eigenvalue weighted by molar-refractivity contribution is 0.174. The number of benzene rings is 2. The van der Waals surface area contributed by atoms with Crippen molar-refractivity contribution in [2.45, 2.75) is 19.5 Å². The number of nitrogens with zero attached hydrogens (tertiary/aromatic N) is 1. The van der Waals surface area contributed by atoms with E-state index >= 15 is 0 Å². The van der Waals surface area contributed by atoms with Crippen LogP contribution in [0.3, 0.4) is 0 Å². The zero-order valence-electron chi connectivity index (χ0n) is 13.3. The molecular formula is C19H19BrN2O2. The largest absolute Gasteiger partial charge is 0.454 e. The Morgan fingerprint density at radius 3 is 2.83 bits per heavy atom. The predicted molar refractivity (Wildman–Crippen MR) is 98.5 cm³/mol. The fourth-order valence-corrected chi connectivity index (χ4v) is 3.49. The topological polar surface area (TPSA) is 35.4 Å². The van der Waals surface area contributed by atoms with Crippen molar-refractivity contribution in [1.29, 1.82) is 0 Å². The highest BCUT2D eigenvalue weighted by Crippen LogP contribution is 2.36. The van der Waals surface area contributed by atoms with Gasteiger partial charge in [0.2, 0.25) is 6.79 Å². The van der Waals surface area contributed by atoms with Crippen LogP contribution in [0.4, 0.5) is 0 Å². The summed E-state index contributed by atoms with van der Waals surface area (Å²) in [5.41, 5.74) is 2.49. The van der Waals surface area contributed by atoms with Crippen LogP contribution in [-0.2, 0) is 13.1 Å². The molecule has 0 amide bonds. The van der Waals surface area contributed by atoms with E-state index in [1.807, 2.05) is 12.1 Å². The molecule has 2 heterocycles. The van der Waals surface area contributed by atoms with Crippen LogP contribution in [0.5, 0.6) is 11.5 Å². The van der Waals surface area contributed by atoms with Crippen molar-refractivity contribution in [3.8, 4) is 11.5 Å². The number of aryl methyl sites for hydroxylation is 1. The Morgan fingerprint density at radius 1 is 1.08 bits per heavy atom. The summed E-state index contributed by atoms with van der Waals surface area (Å²) >= 11 is 3.60. The van der Waals surface area contributed by atoms with Gasteiger partial charge in [0.05, 0.1) is 0 Å². The molecule has 0 saturated heterocycles. The Kier molecular flexibility index (Phi) is 4.45. The average molecular weight is 387 g/mol. The molecular weight excluding hydrogens is 368 g/mol. The van der Waals surface area contributed by atoms with Gasteiger partial charge < -0.3 is 19.4 Å². The molecule has 0 unspecified atom stereocenters. The first kappa shape index (κ1) is 15.5. The second-order valence-electron chi connectivity index (χ2n) is 5.90. The fraction of sp³-hybridized carbons (Fsp3) is 0.263. The van der Waals surface area contributed by atoms with E-state index in [9.17, 15) is 0 Å². The lowest BCUT2D eigenvalue weighted by Gasteiger charge is -2.09. The Hall–Kier alpha value is -1.98. The summed E-state index contributed by atoms with van der Waals surface area (Å²) < 4.78 is 14.2. The maximum atomic E-state index is 5.44. The Labute approximate surface area is 149 Å². The van der Waals surface area contributed by atoms with Gasteiger partial charge in [-0.3, -0.25) is 0 Å². The summed E-state index contributed by atoms with van der Waals surface area (Å²) in [5.74, 6) is 1.64. The van der Waals surface area contributed by atoms with Gasteiger partial charge in [-0.15, -0.1) is 0 Å². The van der Waals surface area contributed by atoms with E-state index in [1.54, 1.807) is 0 Å². The molecule has 0 radical (unpaired) electrons. The van der Waals surface area contributed by atoms with Gasteiger partial charge in [-0.05, 0) is 48.2 Å². The molecule has 2 aromatic carbocycles. The summed E-state index contributed by atoms with van der Waals surface area (Å²) in [5, 5.41) is 4.81. The van der Waals surface area contributed by atoms with Crippen LogP contribution in [0.2, 0.25) is 0 Å². The normalized spacial score (nSPS) is 12.9. The van der Waals surface area contributed by atoms with Gasteiger partial charge >= 0.3 is 0 Å². The minimum atomic E-state index is 0.309. The van der Waals surface area contributed by atoms with Crippen LogP contribution in [-0.4, -0.2) is 17.9 Å². The van der Waals surface area contributed by atoms with Crippen molar-refractivity contribution in [2.24, 2.45) is 0 Å². The Balaban J connectivity index is 1.29. The number of halogens is 1. The van der Waals surface area contributed by atoms with Crippen LogP contribution in [0.15, 0.2) is 53.1 Å². The standard InChI is InChI=1S/C19H19BrN2O2/c20-16-11-19-18(23-13-24-19)10-15(16)12-21-7-3-8-22-9-6-14-4-1-2-5-17(14)22/h1-2,4-6,9-11,21H,3,7-8,12-13H2. The molecule has 0 saturated carbocycles. The second kappa shape index (κ2) is 6.87.